The number of ether oxygens (including phenoxy) is 2. The van der Waals surface area contributed by atoms with Gasteiger partial charge in [0.2, 0.25) is 0 Å². The van der Waals surface area contributed by atoms with E-state index in [-0.39, 0.29) is 4.90 Å². The molecule has 0 bridgehead atoms. The van der Waals surface area contributed by atoms with E-state index in [2.05, 4.69) is 0 Å². The molecule has 8 heteroatoms. The average molecular weight is 625 g/mol. The van der Waals surface area contributed by atoms with Crippen LogP contribution in [0, 0.1) is 0 Å². The fourth-order valence-corrected chi connectivity index (χ4v) is 9.92. The molecule has 0 spiro atoms. The first-order chi connectivity index (χ1) is 14.0. The van der Waals surface area contributed by atoms with Gasteiger partial charge in [0.25, 0.3) is 0 Å². The summed E-state index contributed by atoms with van der Waals surface area (Å²) in [6.45, 7) is 0. The molecule has 0 amide bonds. The summed E-state index contributed by atoms with van der Waals surface area (Å²) in [7, 11) is -1.89. The Morgan fingerprint density at radius 1 is 0.724 bits per heavy atom. The maximum atomic E-state index is 12.9. The topological polar surface area (TPSA) is 61.8 Å². The molecule has 0 N–H and O–H groups in total. The summed E-state index contributed by atoms with van der Waals surface area (Å²) in [5.41, 5.74) is 0. The van der Waals surface area contributed by atoms with Crippen molar-refractivity contribution in [2.45, 2.75) is 9.48 Å². The molecular weight excluding hydrogens is 604 g/mol. The molecular formula is C21H21O5PPoS. The van der Waals surface area contributed by atoms with Gasteiger partial charge in [-0.25, -0.2) is 0 Å². The Morgan fingerprint density at radius 2 is 1.17 bits per heavy atom. The predicted molar refractivity (Wildman–Crippen MR) is 118 cm³/mol. The molecule has 0 saturated heterocycles. The number of benzene rings is 3. The van der Waals surface area contributed by atoms with Gasteiger partial charge in [-0.15, -0.1) is 0 Å². The van der Waals surface area contributed by atoms with Crippen LogP contribution in [0.25, 0.3) is 0 Å². The van der Waals surface area contributed by atoms with Gasteiger partial charge >= 0.3 is 186 Å². The summed E-state index contributed by atoms with van der Waals surface area (Å²) < 4.78 is 44.1. The quantitative estimate of drug-likeness (QED) is 0.361. The Balaban J connectivity index is 2.35. The molecule has 0 aliphatic heterocycles. The van der Waals surface area contributed by atoms with Crippen LogP contribution in [0.5, 0.6) is 11.5 Å². The van der Waals surface area contributed by atoms with Gasteiger partial charge in [0.1, 0.15) is 0 Å². The molecule has 0 saturated carbocycles. The van der Waals surface area contributed by atoms with Crippen LogP contribution in [0.2, 0.25) is 4.58 Å². The molecule has 0 heterocycles. The van der Waals surface area contributed by atoms with E-state index < -0.39 is 42.1 Å². The molecule has 0 atom stereocenters. The van der Waals surface area contributed by atoms with Crippen LogP contribution < -0.4 is 25.4 Å². The average Bonchev–Trinajstić information content (AvgIpc) is 2.75. The Labute approximate surface area is 185 Å². The molecule has 0 fully saturated rings. The van der Waals surface area contributed by atoms with Crippen molar-refractivity contribution >= 4 is 58.0 Å². The molecule has 29 heavy (non-hydrogen) atoms. The van der Waals surface area contributed by atoms with Crippen molar-refractivity contribution in [2.75, 3.05) is 14.2 Å². The van der Waals surface area contributed by atoms with Crippen molar-refractivity contribution in [3.8, 4) is 11.5 Å². The summed E-state index contributed by atoms with van der Waals surface area (Å²) in [5.74, 6) is 1.40. The SMILES string of the molecule is COc1ccccc1P(c1ccccc1OC)c1ccccc1S(=O)(=O)[O][Po][CH3]. The number of rotatable bonds is 8. The molecule has 0 aliphatic carbocycles. The minimum absolute atomic E-state index is 0.199. The van der Waals surface area contributed by atoms with E-state index in [9.17, 15) is 8.42 Å². The van der Waals surface area contributed by atoms with E-state index in [1.807, 2.05) is 65.2 Å². The number of methoxy groups -OCH3 is 2. The zero-order chi connectivity index (χ0) is 20.9. The van der Waals surface area contributed by atoms with E-state index in [1.54, 1.807) is 26.4 Å². The third kappa shape index (κ3) is 4.81. The van der Waals surface area contributed by atoms with Crippen molar-refractivity contribution < 1.29 is 20.1 Å². The fourth-order valence-electron chi connectivity index (χ4n) is 3.00. The normalized spacial score (nSPS) is 11.4. The maximum absolute atomic E-state index is 12.9. The summed E-state index contributed by atoms with van der Waals surface area (Å²) in [5, 5.41) is 2.51. The molecule has 3 aromatic rings. The second-order valence-electron chi connectivity index (χ2n) is 5.84. The van der Waals surface area contributed by atoms with Gasteiger partial charge in [0.05, 0.1) is 0 Å². The molecule has 3 rings (SSSR count). The van der Waals surface area contributed by atoms with Crippen molar-refractivity contribution in [3.05, 3.63) is 72.8 Å². The molecule has 5 nitrogen and oxygen atoms in total. The first-order valence-corrected chi connectivity index (χ1v) is 15.9. The van der Waals surface area contributed by atoms with Gasteiger partial charge in [-0.3, -0.25) is 0 Å². The Kier molecular flexibility index (Phi) is 7.65. The summed E-state index contributed by atoms with van der Waals surface area (Å²) >= 11 is -1.40. The first kappa shape index (κ1) is 22.2. The van der Waals surface area contributed by atoms with Gasteiger partial charge in [-0.1, -0.05) is 0 Å². The monoisotopic (exact) mass is 625 g/mol. The van der Waals surface area contributed by atoms with E-state index in [0.29, 0.717) is 16.8 Å². The Hall–Kier alpha value is -1.50. The van der Waals surface area contributed by atoms with Crippen LogP contribution in [0.3, 0.4) is 0 Å². The van der Waals surface area contributed by atoms with Crippen molar-refractivity contribution in [3.63, 3.8) is 0 Å². The minimum atomic E-state index is -3.83. The van der Waals surface area contributed by atoms with Crippen molar-refractivity contribution in [1.29, 1.82) is 0 Å². The summed E-state index contributed by atoms with van der Waals surface area (Å²) in [6.07, 6.45) is 0. The van der Waals surface area contributed by atoms with E-state index in [4.69, 9.17) is 11.7 Å². The van der Waals surface area contributed by atoms with Crippen LogP contribution in [-0.2, 0) is 12.3 Å². The van der Waals surface area contributed by atoms with Crippen molar-refractivity contribution in [2.24, 2.45) is 0 Å². The molecule has 0 aromatic heterocycles. The number of hydrogen-bond acceptors (Lipinski definition) is 5. The third-order valence-electron chi connectivity index (χ3n) is 4.19. The molecule has 3 aromatic carbocycles. The van der Waals surface area contributed by atoms with Gasteiger partial charge in [-0.05, 0) is 0 Å². The molecule has 152 valence electrons. The standard InChI is InChI=1S/C20H19O5PS.CH3.Po/c1-24-15-9-3-5-11-17(15)26(18-12-6-4-10-16(18)25-2)19-13-7-8-14-20(19)27(21,22)23;;/h3-14H,1-2H3,(H,21,22,23);1H3;/q;;+1/p-1. The first-order valence-electron chi connectivity index (χ1n) is 8.66. The van der Waals surface area contributed by atoms with Crippen LogP contribution >= 0.6 is 7.92 Å². The van der Waals surface area contributed by atoms with Crippen LogP contribution in [0.15, 0.2) is 77.7 Å². The second kappa shape index (κ2) is 10.0. The number of para-hydroxylation sites is 2. The van der Waals surface area contributed by atoms with E-state index >= 15 is 0 Å². The Bertz CT molecular complexity index is 1040. The van der Waals surface area contributed by atoms with Gasteiger partial charge in [-0.2, -0.15) is 0 Å². The van der Waals surface area contributed by atoms with Gasteiger partial charge < -0.3 is 0 Å². The van der Waals surface area contributed by atoms with Crippen LogP contribution in [0.4, 0.5) is 0 Å². The van der Waals surface area contributed by atoms with Gasteiger partial charge in [0, 0.05) is 0 Å². The summed E-state index contributed by atoms with van der Waals surface area (Å²) in [6, 6.07) is 22.4. The van der Waals surface area contributed by atoms with Crippen LogP contribution in [0.1, 0.15) is 0 Å². The van der Waals surface area contributed by atoms with Crippen LogP contribution in [-0.4, -0.2) is 46.6 Å². The molecule has 0 radical (unpaired) electrons. The number of hydrogen-bond donors (Lipinski definition) is 0. The van der Waals surface area contributed by atoms with E-state index in [0.717, 1.165) is 10.6 Å². The molecule has 0 unspecified atom stereocenters. The van der Waals surface area contributed by atoms with Crippen molar-refractivity contribution in [1.82, 2.24) is 0 Å². The predicted octanol–water partition coefficient (Wildman–Crippen LogP) is 2.83. The molecule has 0 aliphatic rings. The summed E-state index contributed by atoms with van der Waals surface area (Å²) in [4.78, 5) is 0.199. The zero-order valence-electron chi connectivity index (χ0n) is 16.2. The van der Waals surface area contributed by atoms with Gasteiger partial charge in [0.15, 0.2) is 0 Å². The fraction of sp³-hybridized carbons (Fsp3) is 0.143. The second-order valence-corrected chi connectivity index (χ2v) is 12.3. The third-order valence-corrected chi connectivity index (χ3v) is 11.8. The Morgan fingerprint density at radius 3 is 1.66 bits per heavy atom. The van der Waals surface area contributed by atoms with E-state index in [1.165, 1.54) is 0 Å². The zero-order valence-corrected chi connectivity index (χ0v) is 21.1.